The molecule has 2 aliphatic carbocycles. The number of fused-ring (bicyclic) bond motifs is 3. The summed E-state index contributed by atoms with van der Waals surface area (Å²) in [5, 5.41) is 9.05. The second-order valence-corrected chi connectivity index (χ2v) is 9.07. The average Bonchev–Trinajstić information content (AvgIpc) is 3.25. The number of rotatable bonds is 8. The van der Waals surface area contributed by atoms with Gasteiger partial charge in [-0.1, -0.05) is 13.8 Å². The van der Waals surface area contributed by atoms with Crippen LogP contribution in [0.4, 0.5) is 0 Å². The Kier molecular flexibility index (Phi) is 5.84. The second-order valence-electron chi connectivity index (χ2n) is 9.07. The Bertz CT molecular complexity index is 1040. The molecule has 2 fully saturated rings. The summed E-state index contributed by atoms with van der Waals surface area (Å²) in [6.07, 6.45) is 6.76. The quantitative estimate of drug-likeness (QED) is 0.687. The number of hydrogen-bond acceptors (Lipinski definition) is 4. The molecule has 8 heteroatoms. The molecule has 0 spiro atoms. The summed E-state index contributed by atoms with van der Waals surface area (Å²) in [6, 6.07) is 0. The maximum Gasteiger partial charge on any atom is 0.332 e. The molecule has 0 radical (unpaired) electrons. The molecule has 0 saturated heterocycles. The number of carboxylic acid groups (broad SMARTS) is 1. The van der Waals surface area contributed by atoms with Crippen molar-refractivity contribution < 1.29 is 9.90 Å². The Labute approximate surface area is 175 Å². The van der Waals surface area contributed by atoms with Crippen LogP contribution in [-0.2, 0) is 17.9 Å². The van der Waals surface area contributed by atoms with E-state index in [0.717, 1.165) is 50.8 Å². The van der Waals surface area contributed by atoms with Crippen LogP contribution in [0.3, 0.4) is 0 Å². The van der Waals surface area contributed by atoms with Crippen LogP contribution in [0.5, 0.6) is 0 Å². The van der Waals surface area contributed by atoms with E-state index in [1.807, 2.05) is 13.8 Å². The number of aryl methyl sites for hydroxylation is 1. The van der Waals surface area contributed by atoms with E-state index in [1.165, 1.54) is 4.57 Å². The number of imidazole rings is 1. The summed E-state index contributed by atoms with van der Waals surface area (Å²) in [7, 11) is 0. The zero-order valence-electron chi connectivity index (χ0n) is 17.9. The number of nitrogens with zero attached hydrogens (tertiary/aromatic N) is 3. The van der Waals surface area contributed by atoms with Crippen molar-refractivity contribution in [3.05, 3.63) is 26.7 Å². The lowest BCUT2D eigenvalue weighted by atomic mass is 9.71. The van der Waals surface area contributed by atoms with Gasteiger partial charge < -0.3 is 10.1 Å². The smallest absolute Gasteiger partial charge is 0.332 e. The SMILES string of the molecule is CCCn1c(=O)c2[nH]c(C3CC4CCC(C3)C4CCC(=O)O)nc2n(CCC)c1=O. The van der Waals surface area contributed by atoms with Crippen molar-refractivity contribution in [2.45, 2.75) is 84.2 Å². The molecule has 2 heterocycles. The number of carbonyl (C=O) groups is 1. The van der Waals surface area contributed by atoms with Gasteiger partial charge in [0.2, 0.25) is 0 Å². The first kappa shape index (κ1) is 20.9. The number of aliphatic carboxylic acids is 1. The molecule has 164 valence electrons. The Morgan fingerprint density at radius 1 is 1.10 bits per heavy atom. The van der Waals surface area contributed by atoms with E-state index < -0.39 is 5.97 Å². The highest BCUT2D eigenvalue weighted by atomic mass is 16.4. The van der Waals surface area contributed by atoms with Crippen LogP contribution >= 0.6 is 0 Å². The topological polar surface area (TPSA) is 110 Å². The second kappa shape index (κ2) is 8.40. The third kappa shape index (κ3) is 3.61. The minimum atomic E-state index is -0.717. The number of nitrogens with one attached hydrogen (secondary N) is 1. The van der Waals surface area contributed by atoms with Crippen LogP contribution in [0.2, 0.25) is 0 Å². The molecule has 2 unspecified atom stereocenters. The molecule has 0 aromatic carbocycles. The Morgan fingerprint density at radius 2 is 1.73 bits per heavy atom. The van der Waals surface area contributed by atoms with Gasteiger partial charge in [-0.25, -0.2) is 9.78 Å². The standard InChI is InChI=1S/C22H32N4O4/c1-3-9-25-20-18(21(29)26(10-4-2)22(25)30)23-19(24-20)15-11-13-5-6-14(12-15)16(13)7-8-17(27)28/h13-16H,3-12H2,1-2H3,(H,23,24)(H,27,28). The molecule has 8 nitrogen and oxygen atoms in total. The van der Waals surface area contributed by atoms with Gasteiger partial charge in [0.05, 0.1) is 0 Å². The van der Waals surface area contributed by atoms with E-state index in [2.05, 4.69) is 4.98 Å². The lowest BCUT2D eigenvalue weighted by Crippen LogP contribution is -2.40. The van der Waals surface area contributed by atoms with Crippen LogP contribution in [0, 0.1) is 17.8 Å². The van der Waals surface area contributed by atoms with Gasteiger partial charge in [0.15, 0.2) is 5.65 Å². The van der Waals surface area contributed by atoms with Crippen LogP contribution in [0.25, 0.3) is 11.2 Å². The summed E-state index contributed by atoms with van der Waals surface area (Å²) in [4.78, 5) is 44.9. The molecule has 2 atom stereocenters. The van der Waals surface area contributed by atoms with Gasteiger partial charge in [0.1, 0.15) is 11.3 Å². The third-order valence-corrected chi connectivity index (χ3v) is 7.15. The van der Waals surface area contributed by atoms with Gasteiger partial charge in [-0.15, -0.1) is 0 Å². The predicted molar refractivity (Wildman–Crippen MR) is 114 cm³/mol. The van der Waals surface area contributed by atoms with Gasteiger partial charge in [-0.2, -0.15) is 0 Å². The number of aromatic nitrogens is 4. The predicted octanol–water partition coefficient (Wildman–Crippen LogP) is 3.09. The summed E-state index contributed by atoms with van der Waals surface area (Å²) in [5.41, 5.74) is 0.370. The minimum absolute atomic E-state index is 0.236. The maximum atomic E-state index is 13.0. The number of H-pyrrole nitrogens is 1. The van der Waals surface area contributed by atoms with Crippen molar-refractivity contribution in [2.24, 2.45) is 17.8 Å². The monoisotopic (exact) mass is 416 g/mol. The molecule has 2 N–H and O–H groups in total. The molecule has 4 rings (SSSR count). The lowest BCUT2D eigenvalue weighted by Gasteiger charge is -2.34. The van der Waals surface area contributed by atoms with Crippen molar-refractivity contribution >= 4 is 17.1 Å². The van der Waals surface area contributed by atoms with Crippen LogP contribution in [-0.4, -0.2) is 30.2 Å². The molecule has 2 aliphatic rings. The van der Waals surface area contributed by atoms with Gasteiger partial charge in [0.25, 0.3) is 5.56 Å². The Balaban J connectivity index is 1.67. The van der Waals surface area contributed by atoms with Crippen molar-refractivity contribution in [2.75, 3.05) is 0 Å². The van der Waals surface area contributed by atoms with Crippen LogP contribution in [0.1, 0.15) is 77.0 Å². The molecule has 2 aromatic rings. The number of carboxylic acids is 1. The van der Waals surface area contributed by atoms with Crippen molar-refractivity contribution in [1.82, 2.24) is 19.1 Å². The largest absolute Gasteiger partial charge is 0.481 e. The highest BCUT2D eigenvalue weighted by Gasteiger charge is 2.43. The fraction of sp³-hybridized carbons (Fsp3) is 0.727. The highest BCUT2D eigenvalue weighted by molar-refractivity contribution is 5.70. The van der Waals surface area contributed by atoms with E-state index in [9.17, 15) is 14.4 Å². The highest BCUT2D eigenvalue weighted by Crippen LogP contribution is 2.53. The first-order chi connectivity index (χ1) is 14.4. The molecular formula is C22H32N4O4. The zero-order valence-corrected chi connectivity index (χ0v) is 17.9. The third-order valence-electron chi connectivity index (χ3n) is 7.15. The van der Waals surface area contributed by atoms with Gasteiger partial charge in [-0.3, -0.25) is 18.7 Å². The normalized spacial score (nSPS) is 25.8. The van der Waals surface area contributed by atoms with E-state index >= 15 is 0 Å². The average molecular weight is 417 g/mol. The molecule has 30 heavy (non-hydrogen) atoms. The molecular weight excluding hydrogens is 384 g/mol. The Morgan fingerprint density at radius 3 is 2.33 bits per heavy atom. The fourth-order valence-corrected chi connectivity index (χ4v) is 5.86. The number of aromatic amines is 1. The van der Waals surface area contributed by atoms with Crippen molar-refractivity contribution in [3.63, 3.8) is 0 Å². The van der Waals surface area contributed by atoms with Crippen molar-refractivity contribution in [1.29, 1.82) is 0 Å². The van der Waals surface area contributed by atoms with Crippen molar-refractivity contribution in [3.8, 4) is 0 Å². The molecule has 2 saturated carbocycles. The maximum absolute atomic E-state index is 13.0. The first-order valence-corrected chi connectivity index (χ1v) is 11.4. The van der Waals surface area contributed by atoms with Crippen LogP contribution < -0.4 is 11.2 Å². The molecule has 2 bridgehead atoms. The lowest BCUT2D eigenvalue weighted by molar-refractivity contribution is -0.137. The minimum Gasteiger partial charge on any atom is -0.481 e. The fourth-order valence-electron chi connectivity index (χ4n) is 5.86. The Hall–Kier alpha value is -2.38. The molecule has 2 aromatic heterocycles. The molecule has 0 aliphatic heterocycles. The zero-order chi connectivity index (χ0) is 21.4. The van der Waals surface area contributed by atoms with E-state index in [1.54, 1.807) is 4.57 Å². The van der Waals surface area contributed by atoms with Crippen LogP contribution in [0.15, 0.2) is 9.59 Å². The van der Waals surface area contributed by atoms with Gasteiger partial charge in [0, 0.05) is 25.4 Å². The summed E-state index contributed by atoms with van der Waals surface area (Å²) >= 11 is 0. The summed E-state index contributed by atoms with van der Waals surface area (Å²) < 4.78 is 2.96. The summed E-state index contributed by atoms with van der Waals surface area (Å²) in [5.74, 6) is 1.87. The van der Waals surface area contributed by atoms with E-state index in [0.29, 0.717) is 42.0 Å². The van der Waals surface area contributed by atoms with Gasteiger partial charge >= 0.3 is 11.7 Å². The van der Waals surface area contributed by atoms with Gasteiger partial charge in [-0.05, 0) is 62.7 Å². The van der Waals surface area contributed by atoms with E-state index in [-0.39, 0.29) is 23.6 Å². The summed E-state index contributed by atoms with van der Waals surface area (Å²) in [6.45, 7) is 4.91. The number of hydrogen-bond donors (Lipinski definition) is 2. The molecule has 0 amide bonds. The van der Waals surface area contributed by atoms with E-state index in [4.69, 9.17) is 10.1 Å². The first-order valence-electron chi connectivity index (χ1n) is 11.4.